The van der Waals surface area contributed by atoms with Gasteiger partial charge < -0.3 is 4.74 Å². The first kappa shape index (κ1) is 17.9. The maximum Gasteiger partial charge on any atom is 0.316 e. The van der Waals surface area contributed by atoms with Gasteiger partial charge in [-0.3, -0.25) is 4.79 Å². The molecule has 0 aliphatic rings. The fourth-order valence-electron chi connectivity index (χ4n) is 2.91. The predicted octanol–water partition coefficient (Wildman–Crippen LogP) is 5.82. The van der Waals surface area contributed by atoms with Crippen LogP contribution in [0.15, 0.2) is 84.9 Å². The number of benzene rings is 3. The summed E-state index contributed by atoms with van der Waals surface area (Å²) in [5.41, 5.74) is 2.76. The number of hydrogen-bond donors (Lipinski definition) is 0. The van der Waals surface area contributed by atoms with Gasteiger partial charge in [0, 0.05) is 11.5 Å². The molecule has 0 fully saturated rings. The summed E-state index contributed by atoms with van der Waals surface area (Å²) in [6, 6.07) is 28.4. The first-order valence-electron chi connectivity index (χ1n) is 8.88. The van der Waals surface area contributed by atoms with E-state index in [1.54, 1.807) is 0 Å². The number of ether oxygens (including phenoxy) is 1. The second-order valence-electron chi connectivity index (χ2n) is 7.43. The van der Waals surface area contributed by atoms with Crippen LogP contribution >= 0.6 is 0 Å². The van der Waals surface area contributed by atoms with E-state index in [1.807, 2.05) is 81.4 Å². The molecule has 0 N–H and O–H groups in total. The van der Waals surface area contributed by atoms with Crippen molar-refractivity contribution in [1.29, 1.82) is 0 Å². The van der Waals surface area contributed by atoms with Crippen LogP contribution in [0.5, 0.6) is 5.75 Å². The Morgan fingerprint density at radius 2 is 1.19 bits per heavy atom. The second kappa shape index (κ2) is 7.57. The number of esters is 1. The van der Waals surface area contributed by atoms with E-state index in [2.05, 4.69) is 24.3 Å². The van der Waals surface area contributed by atoms with Crippen LogP contribution < -0.4 is 4.74 Å². The second-order valence-corrected chi connectivity index (χ2v) is 7.43. The van der Waals surface area contributed by atoms with Gasteiger partial charge in [0.1, 0.15) is 5.75 Å². The van der Waals surface area contributed by atoms with Gasteiger partial charge in [-0.1, -0.05) is 78.9 Å². The molecule has 0 spiro atoms. The van der Waals surface area contributed by atoms with E-state index >= 15 is 0 Å². The quantitative estimate of drug-likeness (QED) is 0.339. The fraction of sp³-hybridized carbons (Fsp3) is 0.208. The standard InChI is InChI=1S/C24H24O2/c1-24(2,3)23(25)26-21-17-11-10-16-20(21)22(18-12-6-4-7-13-18)19-14-8-5-9-15-19/h4-17,22H,1-3H3. The van der Waals surface area contributed by atoms with Gasteiger partial charge in [-0.15, -0.1) is 0 Å². The zero-order valence-corrected chi connectivity index (χ0v) is 15.5. The highest BCUT2D eigenvalue weighted by atomic mass is 16.5. The lowest BCUT2D eigenvalue weighted by Crippen LogP contribution is -2.26. The molecule has 26 heavy (non-hydrogen) atoms. The molecule has 132 valence electrons. The normalized spacial score (nSPS) is 11.4. The molecule has 2 nitrogen and oxygen atoms in total. The van der Waals surface area contributed by atoms with Gasteiger partial charge in [0.2, 0.25) is 0 Å². The van der Waals surface area contributed by atoms with Gasteiger partial charge >= 0.3 is 5.97 Å². The van der Waals surface area contributed by atoms with E-state index < -0.39 is 5.41 Å². The summed E-state index contributed by atoms with van der Waals surface area (Å²) in [6.07, 6.45) is 0. The van der Waals surface area contributed by atoms with Crippen molar-refractivity contribution in [1.82, 2.24) is 0 Å². The van der Waals surface area contributed by atoms with Crippen LogP contribution in [0.4, 0.5) is 0 Å². The zero-order chi connectivity index (χ0) is 18.6. The highest BCUT2D eigenvalue weighted by Crippen LogP contribution is 2.37. The molecule has 0 saturated heterocycles. The molecule has 0 aromatic heterocycles. The number of carbonyl (C=O) groups excluding carboxylic acids is 1. The molecular formula is C24H24O2. The first-order chi connectivity index (χ1) is 12.5. The van der Waals surface area contributed by atoms with E-state index in [4.69, 9.17) is 4.74 Å². The van der Waals surface area contributed by atoms with Crippen LogP contribution in [0.3, 0.4) is 0 Å². The minimum absolute atomic E-state index is 0.00127. The van der Waals surface area contributed by atoms with Crippen molar-refractivity contribution < 1.29 is 9.53 Å². The Kier molecular flexibility index (Phi) is 5.22. The van der Waals surface area contributed by atoms with Crippen LogP contribution in [-0.4, -0.2) is 5.97 Å². The third-order valence-electron chi connectivity index (χ3n) is 4.31. The molecule has 3 aromatic carbocycles. The molecule has 0 atom stereocenters. The number of rotatable bonds is 4. The third kappa shape index (κ3) is 4.02. The summed E-state index contributed by atoms with van der Waals surface area (Å²) in [7, 11) is 0. The average molecular weight is 344 g/mol. The summed E-state index contributed by atoms with van der Waals surface area (Å²) in [5.74, 6) is 0.385. The van der Waals surface area contributed by atoms with E-state index in [9.17, 15) is 4.79 Å². The van der Waals surface area contributed by atoms with Gasteiger partial charge in [-0.2, -0.15) is 0 Å². The molecule has 3 rings (SSSR count). The number of para-hydroxylation sites is 1. The molecule has 0 radical (unpaired) electrons. The Morgan fingerprint density at radius 1 is 0.731 bits per heavy atom. The molecule has 0 aliphatic heterocycles. The third-order valence-corrected chi connectivity index (χ3v) is 4.31. The molecule has 0 aliphatic carbocycles. The highest BCUT2D eigenvalue weighted by molar-refractivity contribution is 5.78. The molecule has 3 aromatic rings. The first-order valence-corrected chi connectivity index (χ1v) is 8.88. The van der Waals surface area contributed by atoms with Gasteiger partial charge in [0.15, 0.2) is 0 Å². The minimum atomic E-state index is -0.553. The topological polar surface area (TPSA) is 26.3 Å². The Balaban J connectivity index is 2.10. The lowest BCUT2D eigenvalue weighted by Gasteiger charge is -2.23. The molecule has 2 heteroatoms. The van der Waals surface area contributed by atoms with Gasteiger partial charge in [0.25, 0.3) is 0 Å². The number of hydrogen-bond acceptors (Lipinski definition) is 2. The van der Waals surface area contributed by atoms with Crippen LogP contribution in [0.25, 0.3) is 0 Å². The highest BCUT2D eigenvalue weighted by Gasteiger charge is 2.26. The van der Waals surface area contributed by atoms with Crippen molar-refractivity contribution >= 4 is 5.97 Å². The summed E-state index contributed by atoms with van der Waals surface area (Å²) in [6.45, 7) is 5.59. The van der Waals surface area contributed by atoms with E-state index in [0.29, 0.717) is 5.75 Å². The zero-order valence-electron chi connectivity index (χ0n) is 15.5. The molecule has 0 unspecified atom stereocenters. The largest absolute Gasteiger partial charge is 0.426 e. The maximum atomic E-state index is 12.5. The summed E-state index contributed by atoms with van der Waals surface area (Å²) in [5, 5.41) is 0. The van der Waals surface area contributed by atoms with Crippen molar-refractivity contribution in [2.24, 2.45) is 5.41 Å². The van der Waals surface area contributed by atoms with Crippen LogP contribution in [0.2, 0.25) is 0 Å². The lowest BCUT2D eigenvalue weighted by atomic mass is 9.84. The fourth-order valence-corrected chi connectivity index (χ4v) is 2.91. The van der Waals surface area contributed by atoms with Gasteiger partial charge in [-0.25, -0.2) is 0 Å². The molecular weight excluding hydrogens is 320 g/mol. The van der Waals surface area contributed by atoms with Crippen molar-refractivity contribution in [3.8, 4) is 5.75 Å². The Bertz CT molecular complexity index is 822. The lowest BCUT2D eigenvalue weighted by molar-refractivity contribution is -0.143. The molecule has 0 bridgehead atoms. The van der Waals surface area contributed by atoms with Crippen molar-refractivity contribution in [3.05, 3.63) is 102 Å². The monoisotopic (exact) mass is 344 g/mol. The van der Waals surface area contributed by atoms with Crippen LogP contribution in [0, 0.1) is 5.41 Å². The van der Waals surface area contributed by atoms with Crippen LogP contribution in [0.1, 0.15) is 43.4 Å². The summed E-state index contributed by atoms with van der Waals surface area (Å²) >= 11 is 0. The summed E-state index contributed by atoms with van der Waals surface area (Å²) in [4.78, 5) is 12.5. The van der Waals surface area contributed by atoms with Gasteiger partial charge in [-0.05, 0) is 38.0 Å². The predicted molar refractivity (Wildman–Crippen MR) is 105 cm³/mol. The minimum Gasteiger partial charge on any atom is -0.426 e. The van der Waals surface area contributed by atoms with Crippen molar-refractivity contribution in [2.75, 3.05) is 0 Å². The Labute approximate surface area is 155 Å². The molecule has 0 saturated carbocycles. The van der Waals surface area contributed by atoms with Crippen molar-refractivity contribution in [2.45, 2.75) is 26.7 Å². The van der Waals surface area contributed by atoms with E-state index in [1.165, 1.54) is 0 Å². The Morgan fingerprint density at radius 3 is 1.69 bits per heavy atom. The smallest absolute Gasteiger partial charge is 0.316 e. The maximum absolute atomic E-state index is 12.5. The summed E-state index contributed by atoms with van der Waals surface area (Å²) < 4.78 is 5.79. The molecule has 0 amide bonds. The average Bonchev–Trinajstić information content (AvgIpc) is 2.64. The Hall–Kier alpha value is -2.87. The van der Waals surface area contributed by atoms with Crippen molar-refractivity contribution in [3.63, 3.8) is 0 Å². The van der Waals surface area contributed by atoms with E-state index in [-0.39, 0.29) is 11.9 Å². The number of carbonyl (C=O) groups is 1. The SMILES string of the molecule is CC(C)(C)C(=O)Oc1ccccc1C(c1ccccc1)c1ccccc1. The van der Waals surface area contributed by atoms with E-state index in [0.717, 1.165) is 16.7 Å². The van der Waals surface area contributed by atoms with Crippen LogP contribution in [-0.2, 0) is 4.79 Å². The van der Waals surface area contributed by atoms with Gasteiger partial charge in [0.05, 0.1) is 5.41 Å². The molecule has 0 heterocycles.